The highest BCUT2D eigenvalue weighted by Crippen LogP contribution is 2.28. The van der Waals surface area contributed by atoms with E-state index in [1.54, 1.807) is 19.1 Å². The molecule has 3 aromatic rings. The molecule has 3 rings (SSSR count). The van der Waals surface area contributed by atoms with E-state index in [1.165, 1.54) is 11.3 Å². The van der Waals surface area contributed by atoms with E-state index < -0.39 is 23.1 Å². The fourth-order valence-electron chi connectivity index (χ4n) is 2.25. The van der Waals surface area contributed by atoms with E-state index in [0.717, 1.165) is 22.3 Å². The van der Waals surface area contributed by atoms with Crippen LogP contribution in [0.4, 0.5) is 8.78 Å². The molecule has 25 heavy (non-hydrogen) atoms. The third-order valence-corrected chi connectivity index (χ3v) is 4.61. The van der Waals surface area contributed by atoms with Gasteiger partial charge in [0.15, 0.2) is 11.6 Å². The molecule has 1 aromatic heterocycles. The van der Waals surface area contributed by atoms with Crippen molar-refractivity contribution in [1.82, 2.24) is 10.3 Å². The lowest BCUT2D eigenvalue weighted by molar-refractivity contribution is 0.0946. The van der Waals surface area contributed by atoms with Gasteiger partial charge in [-0.25, -0.2) is 13.8 Å². The number of benzene rings is 2. The van der Waals surface area contributed by atoms with Gasteiger partial charge in [0, 0.05) is 11.6 Å². The smallest absolute Gasteiger partial charge is 0.257 e. The number of hydrogen-bond donors (Lipinski definition) is 1. The number of carbonyl (C=O) groups excluding carboxylic acids is 1. The molecule has 8 heteroatoms. The molecule has 1 N–H and O–H groups in total. The first-order chi connectivity index (χ1) is 12.0. The molecule has 0 saturated carbocycles. The van der Waals surface area contributed by atoms with Crippen molar-refractivity contribution in [3.8, 4) is 5.75 Å². The Morgan fingerprint density at radius 2 is 2.12 bits per heavy atom. The first-order valence-corrected chi connectivity index (χ1v) is 8.63. The fraction of sp³-hybridized carbons (Fsp3) is 0.176. The molecule has 4 nitrogen and oxygen atoms in total. The first kappa shape index (κ1) is 17.6. The van der Waals surface area contributed by atoms with E-state index >= 15 is 0 Å². The second-order valence-electron chi connectivity index (χ2n) is 5.10. The Hall–Kier alpha value is -2.25. The molecule has 0 atom stereocenters. The largest absolute Gasteiger partial charge is 0.483 e. The summed E-state index contributed by atoms with van der Waals surface area (Å²) in [5.74, 6) is -3.00. The second-order valence-corrected chi connectivity index (χ2v) is 6.65. The predicted octanol–water partition coefficient (Wildman–Crippen LogP) is 4.56. The van der Waals surface area contributed by atoms with Crippen molar-refractivity contribution in [3.05, 3.63) is 57.6 Å². The monoisotopic (exact) mass is 382 g/mol. The number of fused-ring (bicyclic) bond motifs is 1. The lowest BCUT2D eigenvalue weighted by atomic mass is 10.1. The maximum Gasteiger partial charge on any atom is 0.257 e. The molecule has 0 aliphatic heterocycles. The van der Waals surface area contributed by atoms with Gasteiger partial charge in [-0.05, 0) is 37.3 Å². The van der Waals surface area contributed by atoms with Gasteiger partial charge in [-0.1, -0.05) is 11.6 Å². The number of hydrogen-bond acceptors (Lipinski definition) is 4. The van der Waals surface area contributed by atoms with E-state index in [-0.39, 0.29) is 18.9 Å². The summed E-state index contributed by atoms with van der Waals surface area (Å²) in [5.41, 5.74) is 0.0640. The molecule has 1 heterocycles. The SMILES string of the molecule is CCNC(=O)c1c(F)ccc(OCc2nc3cc(Cl)ccc3s2)c1F. The summed E-state index contributed by atoms with van der Waals surface area (Å²) >= 11 is 7.30. The maximum atomic E-state index is 14.4. The van der Waals surface area contributed by atoms with Crippen LogP contribution in [0.15, 0.2) is 30.3 Å². The Morgan fingerprint density at radius 1 is 1.32 bits per heavy atom. The highest BCUT2D eigenvalue weighted by atomic mass is 35.5. The molecular weight excluding hydrogens is 370 g/mol. The van der Waals surface area contributed by atoms with Crippen LogP contribution in [-0.2, 0) is 6.61 Å². The highest BCUT2D eigenvalue weighted by Gasteiger charge is 2.21. The zero-order valence-electron chi connectivity index (χ0n) is 13.1. The van der Waals surface area contributed by atoms with E-state index in [4.69, 9.17) is 16.3 Å². The summed E-state index contributed by atoms with van der Waals surface area (Å²) in [5, 5.41) is 3.55. The molecule has 1 amide bonds. The van der Waals surface area contributed by atoms with Crippen molar-refractivity contribution in [2.75, 3.05) is 6.54 Å². The van der Waals surface area contributed by atoms with Gasteiger partial charge >= 0.3 is 0 Å². The van der Waals surface area contributed by atoms with Crippen molar-refractivity contribution >= 4 is 39.1 Å². The van der Waals surface area contributed by atoms with Crippen molar-refractivity contribution in [3.63, 3.8) is 0 Å². The van der Waals surface area contributed by atoms with E-state index in [1.807, 2.05) is 6.07 Å². The van der Waals surface area contributed by atoms with E-state index in [9.17, 15) is 13.6 Å². The van der Waals surface area contributed by atoms with Gasteiger partial charge in [0.05, 0.1) is 10.2 Å². The number of nitrogens with zero attached hydrogens (tertiary/aromatic N) is 1. The molecule has 0 radical (unpaired) electrons. The van der Waals surface area contributed by atoms with E-state index in [2.05, 4.69) is 10.3 Å². The lowest BCUT2D eigenvalue weighted by Gasteiger charge is -2.10. The van der Waals surface area contributed by atoms with Crippen LogP contribution in [0, 0.1) is 11.6 Å². The summed E-state index contributed by atoms with van der Waals surface area (Å²) in [6.45, 7) is 1.92. The second kappa shape index (κ2) is 7.33. The fourth-order valence-corrected chi connectivity index (χ4v) is 3.28. The van der Waals surface area contributed by atoms with Gasteiger partial charge in [0.25, 0.3) is 5.91 Å². The number of amides is 1. The van der Waals surface area contributed by atoms with Crippen molar-refractivity contribution in [2.24, 2.45) is 0 Å². The number of thiazole rings is 1. The van der Waals surface area contributed by atoms with Crippen LogP contribution >= 0.6 is 22.9 Å². The molecule has 2 aromatic carbocycles. The number of carbonyl (C=O) groups is 1. The molecular formula is C17H13ClF2N2O2S. The summed E-state index contributed by atoms with van der Waals surface area (Å²) in [4.78, 5) is 16.1. The summed E-state index contributed by atoms with van der Waals surface area (Å²) in [6.07, 6.45) is 0. The Labute approximate surface area is 151 Å². The van der Waals surface area contributed by atoms with Gasteiger partial charge in [-0.15, -0.1) is 11.3 Å². The van der Waals surface area contributed by atoms with Gasteiger partial charge in [-0.3, -0.25) is 4.79 Å². The van der Waals surface area contributed by atoms with Crippen LogP contribution in [-0.4, -0.2) is 17.4 Å². The number of aromatic nitrogens is 1. The van der Waals surface area contributed by atoms with Gasteiger partial charge in [-0.2, -0.15) is 0 Å². The summed E-state index contributed by atoms with van der Waals surface area (Å²) in [6, 6.07) is 7.47. The standard InChI is InChI=1S/C17H13ClF2N2O2S/c1-2-21-17(23)15-10(19)4-5-12(16(15)20)24-8-14-22-11-7-9(18)3-6-13(11)25-14/h3-7H,2,8H2,1H3,(H,21,23). The minimum atomic E-state index is -1.03. The number of nitrogens with one attached hydrogen (secondary N) is 1. The van der Waals surface area contributed by atoms with Crippen LogP contribution in [0.3, 0.4) is 0 Å². The van der Waals surface area contributed by atoms with Crippen LogP contribution in [0.2, 0.25) is 5.02 Å². The van der Waals surface area contributed by atoms with E-state index in [0.29, 0.717) is 10.0 Å². The topological polar surface area (TPSA) is 51.2 Å². The Balaban J connectivity index is 1.82. The van der Waals surface area contributed by atoms with Crippen LogP contribution in [0.25, 0.3) is 10.2 Å². The van der Waals surface area contributed by atoms with Crippen molar-refractivity contribution < 1.29 is 18.3 Å². The number of ether oxygens (including phenoxy) is 1. The average molecular weight is 383 g/mol. The average Bonchev–Trinajstić information content (AvgIpc) is 2.96. The van der Waals surface area contributed by atoms with Gasteiger partial charge in [0.1, 0.15) is 23.0 Å². The third kappa shape index (κ3) is 3.72. The Bertz CT molecular complexity index is 946. The van der Waals surface area contributed by atoms with Crippen LogP contribution < -0.4 is 10.1 Å². The maximum absolute atomic E-state index is 14.4. The zero-order chi connectivity index (χ0) is 18.0. The minimum Gasteiger partial charge on any atom is -0.483 e. The highest BCUT2D eigenvalue weighted by molar-refractivity contribution is 7.18. The molecule has 0 unspecified atom stereocenters. The summed E-state index contributed by atoms with van der Waals surface area (Å²) < 4.78 is 34.5. The quantitative estimate of drug-likeness (QED) is 0.704. The predicted molar refractivity (Wildman–Crippen MR) is 93.3 cm³/mol. The third-order valence-electron chi connectivity index (χ3n) is 3.37. The molecule has 0 bridgehead atoms. The first-order valence-electron chi connectivity index (χ1n) is 7.43. The zero-order valence-corrected chi connectivity index (χ0v) is 14.7. The summed E-state index contributed by atoms with van der Waals surface area (Å²) in [7, 11) is 0. The number of rotatable bonds is 5. The lowest BCUT2D eigenvalue weighted by Crippen LogP contribution is -2.25. The minimum absolute atomic E-state index is 0.00560. The Morgan fingerprint density at radius 3 is 2.88 bits per heavy atom. The molecule has 0 saturated heterocycles. The van der Waals surface area contributed by atoms with Crippen molar-refractivity contribution in [1.29, 1.82) is 0 Å². The molecule has 0 aliphatic rings. The van der Waals surface area contributed by atoms with Crippen molar-refractivity contribution in [2.45, 2.75) is 13.5 Å². The molecule has 0 fully saturated rings. The normalized spacial score (nSPS) is 10.9. The van der Waals surface area contributed by atoms with Gasteiger partial charge in [0.2, 0.25) is 0 Å². The molecule has 0 aliphatic carbocycles. The van der Waals surface area contributed by atoms with Gasteiger partial charge < -0.3 is 10.1 Å². The molecule has 0 spiro atoms. The van der Waals surface area contributed by atoms with Crippen LogP contribution in [0.1, 0.15) is 22.3 Å². The van der Waals surface area contributed by atoms with Crippen LogP contribution in [0.5, 0.6) is 5.75 Å². The molecule has 130 valence electrons. The Kier molecular flexibility index (Phi) is 5.15. The number of halogens is 3.